The molecule has 0 aliphatic rings. The minimum absolute atomic E-state index is 0.290. The van der Waals surface area contributed by atoms with Crippen LogP contribution in [-0.2, 0) is 6.54 Å². The molecule has 0 aliphatic carbocycles. The lowest BCUT2D eigenvalue weighted by Gasteiger charge is -2.14. The molecule has 0 atom stereocenters. The van der Waals surface area contributed by atoms with E-state index in [1.807, 2.05) is 13.8 Å². The highest BCUT2D eigenvalue weighted by Gasteiger charge is 2.18. The van der Waals surface area contributed by atoms with E-state index in [1.54, 1.807) is 18.5 Å². The zero-order chi connectivity index (χ0) is 14.6. The molecular weight excluding hydrogens is 242 g/mol. The van der Waals surface area contributed by atoms with Crippen LogP contribution in [0.5, 0.6) is 0 Å². The SMILES string of the molecule is Cc1nn(CCCCC(C)(C)C#N)c(C)c1C(=O)O. The van der Waals surface area contributed by atoms with Crippen LogP contribution in [0.15, 0.2) is 0 Å². The summed E-state index contributed by atoms with van der Waals surface area (Å²) in [6.45, 7) is 8.05. The Kier molecular flexibility index (Phi) is 4.71. The summed E-state index contributed by atoms with van der Waals surface area (Å²) in [5.41, 5.74) is 1.27. The molecule has 0 aliphatic heterocycles. The van der Waals surface area contributed by atoms with Crippen molar-refractivity contribution in [2.24, 2.45) is 5.41 Å². The summed E-state index contributed by atoms with van der Waals surface area (Å²) in [6, 6.07) is 2.28. The van der Waals surface area contributed by atoms with Crippen molar-refractivity contribution < 1.29 is 9.90 Å². The first-order chi connectivity index (χ1) is 8.78. The van der Waals surface area contributed by atoms with Crippen LogP contribution in [0.4, 0.5) is 0 Å². The molecule has 0 fully saturated rings. The molecule has 0 saturated heterocycles. The van der Waals surface area contributed by atoms with Gasteiger partial charge in [-0.15, -0.1) is 0 Å². The Bertz CT molecular complexity index is 509. The van der Waals surface area contributed by atoms with Gasteiger partial charge in [-0.3, -0.25) is 4.68 Å². The Morgan fingerprint density at radius 1 is 1.42 bits per heavy atom. The predicted molar refractivity (Wildman–Crippen MR) is 71.9 cm³/mol. The summed E-state index contributed by atoms with van der Waals surface area (Å²) in [5.74, 6) is -0.924. The fourth-order valence-electron chi connectivity index (χ4n) is 2.11. The van der Waals surface area contributed by atoms with Gasteiger partial charge in [-0.05, 0) is 40.5 Å². The van der Waals surface area contributed by atoms with Crippen LogP contribution in [-0.4, -0.2) is 20.9 Å². The second kappa shape index (κ2) is 5.87. The highest BCUT2D eigenvalue weighted by atomic mass is 16.4. The molecule has 1 aromatic rings. The topological polar surface area (TPSA) is 78.9 Å². The Morgan fingerprint density at radius 2 is 2.05 bits per heavy atom. The average Bonchev–Trinajstić information content (AvgIpc) is 2.60. The minimum Gasteiger partial charge on any atom is -0.478 e. The number of carboxylic acid groups (broad SMARTS) is 1. The van der Waals surface area contributed by atoms with E-state index in [0.717, 1.165) is 19.3 Å². The molecule has 1 rings (SSSR count). The van der Waals surface area contributed by atoms with Gasteiger partial charge in [0.25, 0.3) is 0 Å². The fourth-order valence-corrected chi connectivity index (χ4v) is 2.11. The molecule has 5 nitrogen and oxygen atoms in total. The summed E-state index contributed by atoms with van der Waals surface area (Å²) in [5, 5.41) is 22.3. The number of hydrogen-bond acceptors (Lipinski definition) is 3. The number of hydrogen-bond donors (Lipinski definition) is 1. The molecule has 0 spiro atoms. The van der Waals surface area contributed by atoms with Crippen molar-refractivity contribution in [2.75, 3.05) is 0 Å². The van der Waals surface area contributed by atoms with E-state index in [1.165, 1.54) is 0 Å². The van der Waals surface area contributed by atoms with Crippen molar-refractivity contribution in [3.63, 3.8) is 0 Å². The van der Waals surface area contributed by atoms with Gasteiger partial charge in [0.2, 0.25) is 0 Å². The molecule has 0 radical (unpaired) electrons. The van der Waals surface area contributed by atoms with E-state index in [4.69, 9.17) is 10.4 Å². The third-order valence-electron chi connectivity index (χ3n) is 3.32. The van der Waals surface area contributed by atoms with Crippen LogP contribution in [0.2, 0.25) is 0 Å². The number of unbranched alkanes of at least 4 members (excludes halogenated alkanes) is 1. The summed E-state index contributed by atoms with van der Waals surface area (Å²) >= 11 is 0. The van der Waals surface area contributed by atoms with Gasteiger partial charge >= 0.3 is 5.97 Å². The van der Waals surface area contributed by atoms with Gasteiger partial charge in [-0.2, -0.15) is 10.4 Å². The van der Waals surface area contributed by atoms with Crippen LogP contribution >= 0.6 is 0 Å². The second-order valence-electron chi connectivity index (χ2n) is 5.53. The largest absolute Gasteiger partial charge is 0.478 e. The van der Waals surface area contributed by atoms with Crippen molar-refractivity contribution in [1.29, 1.82) is 5.26 Å². The molecule has 1 N–H and O–H groups in total. The van der Waals surface area contributed by atoms with Gasteiger partial charge in [-0.25, -0.2) is 4.79 Å². The first-order valence-corrected chi connectivity index (χ1v) is 6.47. The van der Waals surface area contributed by atoms with Gasteiger partial charge in [0.05, 0.1) is 22.9 Å². The number of rotatable bonds is 6. The fraction of sp³-hybridized carbons (Fsp3) is 0.643. The molecule has 104 valence electrons. The van der Waals surface area contributed by atoms with Crippen LogP contribution in [0, 0.1) is 30.6 Å². The van der Waals surface area contributed by atoms with E-state index in [9.17, 15) is 4.79 Å². The second-order valence-corrected chi connectivity index (χ2v) is 5.53. The molecule has 1 heterocycles. The molecular formula is C14H21N3O2. The number of carbonyl (C=O) groups is 1. The standard InChI is InChI=1S/C14H21N3O2/c1-10-12(13(18)19)11(2)17(16-10)8-6-5-7-14(3,4)9-15/h5-8H2,1-4H3,(H,18,19). The highest BCUT2D eigenvalue weighted by Crippen LogP contribution is 2.22. The molecule has 5 heteroatoms. The predicted octanol–water partition coefficient (Wildman–Crippen LogP) is 2.92. The van der Waals surface area contributed by atoms with Crippen molar-refractivity contribution in [1.82, 2.24) is 9.78 Å². The first kappa shape index (κ1) is 15.2. The van der Waals surface area contributed by atoms with Gasteiger partial charge in [0, 0.05) is 6.54 Å². The lowest BCUT2D eigenvalue weighted by Crippen LogP contribution is -2.09. The maximum absolute atomic E-state index is 11.1. The smallest absolute Gasteiger partial charge is 0.339 e. The van der Waals surface area contributed by atoms with E-state index in [0.29, 0.717) is 23.5 Å². The quantitative estimate of drug-likeness (QED) is 0.800. The zero-order valence-corrected chi connectivity index (χ0v) is 12.0. The van der Waals surface area contributed by atoms with Gasteiger partial charge in [-0.1, -0.05) is 6.42 Å². The highest BCUT2D eigenvalue weighted by molar-refractivity contribution is 5.90. The lowest BCUT2D eigenvalue weighted by atomic mass is 9.89. The van der Waals surface area contributed by atoms with E-state index in [-0.39, 0.29) is 5.41 Å². The van der Waals surface area contributed by atoms with E-state index >= 15 is 0 Å². The van der Waals surface area contributed by atoms with Gasteiger partial charge < -0.3 is 5.11 Å². The Morgan fingerprint density at radius 3 is 2.53 bits per heavy atom. The Labute approximate surface area is 113 Å². The summed E-state index contributed by atoms with van der Waals surface area (Å²) < 4.78 is 1.75. The van der Waals surface area contributed by atoms with Crippen molar-refractivity contribution in [2.45, 2.75) is 53.5 Å². The van der Waals surface area contributed by atoms with E-state index in [2.05, 4.69) is 11.2 Å². The minimum atomic E-state index is -0.924. The number of aromatic nitrogens is 2. The molecule has 0 amide bonds. The Balaban J connectivity index is 2.59. The van der Waals surface area contributed by atoms with Crippen molar-refractivity contribution >= 4 is 5.97 Å². The van der Waals surface area contributed by atoms with Gasteiger partial charge in [0.15, 0.2) is 0 Å². The lowest BCUT2D eigenvalue weighted by molar-refractivity contribution is 0.0695. The summed E-state index contributed by atoms with van der Waals surface area (Å²) in [4.78, 5) is 11.1. The summed E-state index contributed by atoms with van der Waals surface area (Å²) in [6.07, 6.45) is 2.67. The third kappa shape index (κ3) is 3.82. The Hall–Kier alpha value is -1.83. The molecule has 0 saturated carbocycles. The molecule has 19 heavy (non-hydrogen) atoms. The van der Waals surface area contributed by atoms with Crippen molar-refractivity contribution in [3.8, 4) is 6.07 Å². The number of nitrogens with zero attached hydrogens (tertiary/aromatic N) is 3. The third-order valence-corrected chi connectivity index (χ3v) is 3.32. The molecule has 0 bridgehead atoms. The summed E-state index contributed by atoms with van der Waals surface area (Å²) in [7, 11) is 0. The number of carboxylic acids is 1. The monoisotopic (exact) mass is 263 g/mol. The van der Waals surface area contributed by atoms with Crippen molar-refractivity contribution in [3.05, 3.63) is 17.0 Å². The van der Waals surface area contributed by atoms with Crippen LogP contribution in [0.25, 0.3) is 0 Å². The maximum Gasteiger partial charge on any atom is 0.339 e. The molecule has 1 aromatic heterocycles. The molecule has 0 aromatic carbocycles. The normalized spacial score (nSPS) is 11.3. The van der Waals surface area contributed by atoms with Crippen LogP contribution in [0.3, 0.4) is 0 Å². The number of aryl methyl sites for hydroxylation is 2. The average molecular weight is 263 g/mol. The maximum atomic E-state index is 11.1. The molecule has 0 unspecified atom stereocenters. The van der Waals surface area contributed by atoms with Crippen LogP contribution < -0.4 is 0 Å². The van der Waals surface area contributed by atoms with Crippen LogP contribution in [0.1, 0.15) is 54.9 Å². The number of aromatic carboxylic acids is 1. The first-order valence-electron chi connectivity index (χ1n) is 6.47. The zero-order valence-electron chi connectivity index (χ0n) is 12.0. The number of nitriles is 1. The van der Waals surface area contributed by atoms with E-state index < -0.39 is 5.97 Å². The van der Waals surface area contributed by atoms with Gasteiger partial charge in [0.1, 0.15) is 5.56 Å².